The van der Waals surface area contributed by atoms with Crippen LogP contribution < -0.4 is 11.2 Å². The van der Waals surface area contributed by atoms with Gasteiger partial charge in [0.2, 0.25) is 0 Å². The van der Waals surface area contributed by atoms with Gasteiger partial charge in [0, 0.05) is 0 Å². The third-order valence-corrected chi connectivity index (χ3v) is 0.309. The van der Waals surface area contributed by atoms with Crippen LogP contribution in [0, 0.1) is 0 Å². The Morgan fingerprint density at radius 1 is 1.50 bits per heavy atom. The Kier molecular flexibility index (Phi) is 8.07. The summed E-state index contributed by atoms with van der Waals surface area (Å²) in [6.45, 7) is 0. The van der Waals surface area contributed by atoms with Crippen LogP contribution in [0.3, 0.4) is 0 Å². The molecule has 0 aromatic rings. The standard InChI is InChI=1S/C2H4N2O5.Na.H/c3-1(5)4-8-2(6)9-7;;/h7H,(H3,3,4,5);;. The Balaban J connectivity index is 0. The third kappa shape index (κ3) is 7.50. The van der Waals surface area contributed by atoms with Crippen molar-refractivity contribution < 1.29 is 24.6 Å². The van der Waals surface area contributed by atoms with Gasteiger partial charge in [0.25, 0.3) is 0 Å². The number of nitrogens with two attached hydrogens (primary N) is 1. The van der Waals surface area contributed by atoms with E-state index < -0.39 is 12.2 Å². The Bertz CT molecular complexity index is 127. The zero-order chi connectivity index (χ0) is 7.28. The quantitative estimate of drug-likeness (QED) is 0.228. The molecule has 0 spiro atoms. The van der Waals surface area contributed by atoms with Gasteiger partial charge >= 0.3 is 41.7 Å². The van der Waals surface area contributed by atoms with Crippen LogP contribution in [0.1, 0.15) is 0 Å². The summed E-state index contributed by atoms with van der Waals surface area (Å²) in [6.07, 6.45) is -1.46. The zero-order valence-corrected chi connectivity index (χ0v) is 4.16. The average molecular weight is 160 g/mol. The fourth-order valence-electron chi connectivity index (χ4n) is 0.111. The van der Waals surface area contributed by atoms with Crippen LogP contribution in [0.4, 0.5) is 9.59 Å². The molecule has 8 heteroatoms. The van der Waals surface area contributed by atoms with Crippen LogP contribution in [0.2, 0.25) is 0 Å². The van der Waals surface area contributed by atoms with E-state index in [1.54, 1.807) is 0 Å². The average Bonchev–Trinajstić information content (AvgIpc) is 1.83. The van der Waals surface area contributed by atoms with Gasteiger partial charge in [-0.2, -0.15) is 15.5 Å². The molecule has 2 amide bonds. The number of hydroxylamine groups is 1. The van der Waals surface area contributed by atoms with Gasteiger partial charge in [-0.25, -0.2) is 4.79 Å². The van der Waals surface area contributed by atoms with Crippen molar-refractivity contribution in [3.63, 3.8) is 0 Å². The summed E-state index contributed by atoms with van der Waals surface area (Å²) in [5.41, 5.74) is 5.83. The first kappa shape index (κ1) is 12.2. The van der Waals surface area contributed by atoms with E-state index in [-0.39, 0.29) is 29.6 Å². The fourth-order valence-corrected chi connectivity index (χ4v) is 0.111. The molecule has 4 N–H and O–H groups in total. The molecule has 0 saturated carbocycles. The van der Waals surface area contributed by atoms with Crippen LogP contribution in [0.5, 0.6) is 0 Å². The van der Waals surface area contributed by atoms with Crippen molar-refractivity contribution >= 4 is 41.7 Å². The molecular formula is C2H5N2NaO5. The van der Waals surface area contributed by atoms with E-state index in [0.717, 1.165) is 0 Å². The summed E-state index contributed by atoms with van der Waals surface area (Å²) in [6, 6.07) is -1.07. The molecule has 0 aliphatic carbocycles. The number of carbonyl (C=O) groups is 2. The van der Waals surface area contributed by atoms with Crippen molar-refractivity contribution in [2.75, 3.05) is 0 Å². The molecule has 0 rings (SSSR count). The number of nitrogens with one attached hydrogen (secondary N) is 1. The summed E-state index contributed by atoms with van der Waals surface area (Å²) in [7, 11) is 0. The number of primary amides is 1. The van der Waals surface area contributed by atoms with Gasteiger partial charge in [-0.1, -0.05) is 0 Å². The van der Waals surface area contributed by atoms with Crippen molar-refractivity contribution in [2.24, 2.45) is 5.73 Å². The van der Waals surface area contributed by atoms with E-state index in [4.69, 9.17) is 5.26 Å². The van der Waals surface area contributed by atoms with E-state index >= 15 is 0 Å². The van der Waals surface area contributed by atoms with Gasteiger partial charge in [-0.15, -0.1) is 0 Å². The van der Waals surface area contributed by atoms with Gasteiger partial charge in [0.15, 0.2) is 0 Å². The Hall–Kier alpha value is -0.500. The topological polar surface area (TPSA) is 111 Å². The molecule has 0 aliphatic heterocycles. The van der Waals surface area contributed by atoms with Gasteiger partial charge in [-0.05, 0) is 0 Å². The van der Waals surface area contributed by atoms with E-state index in [1.165, 1.54) is 5.48 Å². The Labute approximate surface area is 77.6 Å². The number of amides is 2. The first-order chi connectivity index (χ1) is 4.16. The molecule has 0 saturated heterocycles. The molecule has 0 fully saturated rings. The predicted octanol–water partition coefficient (Wildman–Crippen LogP) is -1.45. The Morgan fingerprint density at radius 3 is 2.30 bits per heavy atom. The number of rotatable bonds is 0. The monoisotopic (exact) mass is 160 g/mol. The van der Waals surface area contributed by atoms with Gasteiger partial charge in [0.1, 0.15) is 0 Å². The maximum atomic E-state index is 9.75. The first-order valence-electron chi connectivity index (χ1n) is 1.74. The number of hydrogen-bond acceptors (Lipinski definition) is 5. The van der Waals surface area contributed by atoms with Crippen molar-refractivity contribution in [1.29, 1.82) is 0 Å². The van der Waals surface area contributed by atoms with Crippen LogP contribution in [0.15, 0.2) is 0 Å². The van der Waals surface area contributed by atoms with E-state index in [2.05, 4.69) is 15.5 Å². The number of hydrogen-bond donors (Lipinski definition) is 3. The minimum atomic E-state index is -1.46. The van der Waals surface area contributed by atoms with Crippen molar-refractivity contribution in [1.82, 2.24) is 5.48 Å². The van der Waals surface area contributed by atoms with Gasteiger partial charge in [-0.3, -0.25) is 4.89 Å². The zero-order valence-electron chi connectivity index (χ0n) is 4.16. The summed E-state index contributed by atoms with van der Waals surface area (Å²) in [4.78, 5) is 26.1. The molecule has 0 aromatic carbocycles. The predicted molar refractivity (Wildman–Crippen MR) is 30.1 cm³/mol. The first-order valence-corrected chi connectivity index (χ1v) is 1.74. The second kappa shape index (κ2) is 6.62. The molecule has 0 heterocycles. The second-order valence-corrected chi connectivity index (χ2v) is 0.910. The summed E-state index contributed by atoms with van der Waals surface area (Å²) < 4.78 is 0. The van der Waals surface area contributed by atoms with Crippen LogP contribution in [0.25, 0.3) is 0 Å². The summed E-state index contributed by atoms with van der Waals surface area (Å²) in [5, 5.41) is 7.48. The van der Waals surface area contributed by atoms with Crippen LogP contribution in [-0.4, -0.2) is 47.0 Å². The van der Waals surface area contributed by atoms with Crippen molar-refractivity contribution in [3.05, 3.63) is 0 Å². The van der Waals surface area contributed by atoms with Crippen molar-refractivity contribution in [3.8, 4) is 0 Å². The SMILES string of the molecule is NC(=O)NOC(=O)OO.[NaH]. The molecule has 54 valence electrons. The van der Waals surface area contributed by atoms with Crippen LogP contribution >= 0.6 is 0 Å². The Morgan fingerprint density at radius 2 is 2.00 bits per heavy atom. The molecule has 0 bridgehead atoms. The van der Waals surface area contributed by atoms with E-state index in [0.29, 0.717) is 0 Å². The van der Waals surface area contributed by atoms with E-state index in [1.807, 2.05) is 0 Å². The molecule has 0 atom stereocenters. The fraction of sp³-hybridized carbons (Fsp3) is 0. The van der Waals surface area contributed by atoms with Crippen molar-refractivity contribution in [2.45, 2.75) is 0 Å². The van der Waals surface area contributed by atoms with E-state index in [9.17, 15) is 9.59 Å². The molecule has 0 aliphatic rings. The maximum absolute atomic E-state index is 9.75. The minimum absolute atomic E-state index is 0. The molecule has 0 unspecified atom stereocenters. The number of carbonyl (C=O) groups excluding carboxylic acids is 2. The summed E-state index contributed by atoms with van der Waals surface area (Å²) in [5.74, 6) is 0. The molecule has 0 aromatic heterocycles. The number of urea groups is 1. The molecular weight excluding hydrogens is 155 g/mol. The molecule has 10 heavy (non-hydrogen) atoms. The molecule has 0 radical (unpaired) electrons. The third-order valence-electron chi connectivity index (χ3n) is 0.309. The molecule has 7 nitrogen and oxygen atoms in total. The van der Waals surface area contributed by atoms with Gasteiger partial charge < -0.3 is 10.6 Å². The van der Waals surface area contributed by atoms with Gasteiger partial charge in [0.05, 0.1) is 0 Å². The second-order valence-electron chi connectivity index (χ2n) is 0.910. The normalized spacial score (nSPS) is 6.90. The summed E-state index contributed by atoms with van der Waals surface area (Å²) >= 11 is 0. The van der Waals surface area contributed by atoms with Crippen LogP contribution in [-0.2, 0) is 9.73 Å².